The van der Waals surface area contributed by atoms with Gasteiger partial charge in [0.15, 0.2) is 11.5 Å². The number of carboxylic acid groups (broad SMARTS) is 1. The molecule has 1 aromatic carbocycles. The molecule has 37 heavy (non-hydrogen) atoms. The summed E-state index contributed by atoms with van der Waals surface area (Å²) in [7, 11) is 3.03. The van der Waals surface area contributed by atoms with Crippen LogP contribution in [-0.2, 0) is 17.8 Å². The number of aromatic carboxylic acids is 1. The van der Waals surface area contributed by atoms with Gasteiger partial charge in [-0.1, -0.05) is 6.07 Å². The van der Waals surface area contributed by atoms with Crippen molar-refractivity contribution in [3.8, 4) is 11.5 Å². The van der Waals surface area contributed by atoms with E-state index < -0.39 is 5.97 Å². The second kappa shape index (κ2) is 9.04. The van der Waals surface area contributed by atoms with Crippen molar-refractivity contribution in [2.45, 2.75) is 51.5 Å². The average Bonchev–Trinajstić information content (AvgIpc) is 3.24. The van der Waals surface area contributed by atoms with E-state index >= 15 is 0 Å². The van der Waals surface area contributed by atoms with Gasteiger partial charge in [-0.3, -0.25) is 9.59 Å². The number of anilines is 1. The van der Waals surface area contributed by atoms with Gasteiger partial charge in [0.1, 0.15) is 5.00 Å². The lowest BCUT2D eigenvalue weighted by Crippen LogP contribution is -2.51. The SMILES string of the molecule is COc1cccc(C(=O)N2CCc3c(sc(NC(=O)C45CC6CC(CC(C6)C4)C5)c3C(=O)O)C2)c1OC. The summed E-state index contributed by atoms with van der Waals surface area (Å²) in [5.41, 5.74) is 0.944. The van der Waals surface area contributed by atoms with Crippen molar-refractivity contribution >= 4 is 34.1 Å². The second-order valence-corrected chi connectivity index (χ2v) is 12.3. The molecular formula is C28H32N2O6S. The zero-order valence-corrected chi connectivity index (χ0v) is 22.0. The van der Waals surface area contributed by atoms with Crippen LogP contribution < -0.4 is 14.8 Å². The van der Waals surface area contributed by atoms with Crippen molar-refractivity contribution in [3.63, 3.8) is 0 Å². The summed E-state index contributed by atoms with van der Waals surface area (Å²) in [6, 6.07) is 5.18. The van der Waals surface area contributed by atoms with E-state index in [4.69, 9.17) is 9.47 Å². The number of para-hydroxylation sites is 1. The first-order valence-electron chi connectivity index (χ1n) is 13.0. The summed E-state index contributed by atoms with van der Waals surface area (Å²) in [4.78, 5) is 41.9. The zero-order chi connectivity index (χ0) is 25.9. The Morgan fingerprint density at radius 1 is 1.05 bits per heavy atom. The largest absolute Gasteiger partial charge is 0.493 e. The maximum atomic E-state index is 13.7. The van der Waals surface area contributed by atoms with Crippen LogP contribution in [0.5, 0.6) is 11.5 Å². The smallest absolute Gasteiger partial charge is 0.339 e. The number of methoxy groups -OCH3 is 2. The first-order valence-corrected chi connectivity index (χ1v) is 13.8. The molecule has 1 aromatic heterocycles. The predicted molar refractivity (Wildman–Crippen MR) is 139 cm³/mol. The van der Waals surface area contributed by atoms with Crippen molar-refractivity contribution in [1.82, 2.24) is 4.90 Å². The standard InChI is InChI=1S/C28H32N2O6S/c1-35-20-5-3-4-19(23(20)36-2)25(31)30-7-6-18-21(14-30)37-24(22(18)26(32)33)29-27(34)28-11-15-8-16(12-28)10-17(9-15)13-28/h3-5,15-17H,6-14H2,1-2H3,(H,29,34)(H,32,33). The van der Waals surface area contributed by atoms with Crippen molar-refractivity contribution < 1.29 is 29.0 Å². The van der Waals surface area contributed by atoms with Crippen molar-refractivity contribution in [3.05, 3.63) is 39.8 Å². The summed E-state index contributed by atoms with van der Waals surface area (Å²) >= 11 is 1.29. The molecule has 0 spiro atoms. The molecule has 4 fully saturated rings. The lowest BCUT2D eigenvalue weighted by molar-refractivity contribution is -0.140. The molecule has 7 rings (SSSR count). The van der Waals surface area contributed by atoms with E-state index in [-0.39, 0.29) is 29.3 Å². The number of nitrogens with zero attached hydrogens (tertiary/aromatic N) is 1. The van der Waals surface area contributed by atoms with Gasteiger partial charge in [-0.05, 0) is 80.4 Å². The van der Waals surface area contributed by atoms with E-state index in [1.54, 1.807) is 23.1 Å². The summed E-state index contributed by atoms with van der Waals surface area (Å²) < 4.78 is 10.8. The van der Waals surface area contributed by atoms with E-state index in [2.05, 4.69) is 5.32 Å². The van der Waals surface area contributed by atoms with Crippen molar-refractivity contribution in [1.29, 1.82) is 0 Å². The van der Waals surface area contributed by atoms with Crippen LogP contribution in [0.1, 0.15) is 69.7 Å². The van der Waals surface area contributed by atoms with E-state index in [0.29, 0.717) is 52.8 Å². The number of carbonyl (C=O) groups is 3. The summed E-state index contributed by atoms with van der Waals surface area (Å²) in [6.45, 7) is 0.665. The Hall–Kier alpha value is -3.07. The van der Waals surface area contributed by atoms with Crippen LogP contribution in [0.3, 0.4) is 0 Å². The van der Waals surface area contributed by atoms with Crippen molar-refractivity contribution in [2.75, 3.05) is 26.1 Å². The van der Waals surface area contributed by atoms with E-state index in [1.807, 2.05) is 0 Å². The van der Waals surface area contributed by atoms with Crippen molar-refractivity contribution in [2.24, 2.45) is 23.2 Å². The molecule has 0 saturated heterocycles. The molecule has 5 aliphatic rings. The second-order valence-electron chi connectivity index (χ2n) is 11.2. The molecule has 4 bridgehead atoms. The summed E-state index contributed by atoms with van der Waals surface area (Å²) in [5, 5.41) is 13.6. The molecule has 4 saturated carbocycles. The lowest BCUT2D eigenvalue weighted by Gasteiger charge is -2.55. The molecule has 2 amide bonds. The molecule has 8 nitrogen and oxygen atoms in total. The van der Waals surface area contributed by atoms with Gasteiger partial charge in [0.25, 0.3) is 5.91 Å². The molecule has 196 valence electrons. The van der Waals surface area contributed by atoms with Crippen LogP contribution in [-0.4, -0.2) is 48.6 Å². The fraction of sp³-hybridized carbons (Fsp3) is 0.536. The number of carboxylic acids is 1. The van der Waals surface area contributed by atoms with Gasteiger partial charge in [-0.2, -0.15) is 0 Å². The highest BCUT2D eigenvalue weighted by Gasteiger charge is 2.54. The molecule has 1 aliphatic heterocycles. The zero-order valence-electron chi connectivity index (χ0n) is 21.2. The molecule has 0 radical (unpaired) electrons. The minimum atomic E-state index is -1.03. The number of nitrogens with one attached hydrogen (secondary N) is 1. The number of hydrogen-bond acceptors (Lipinski definition) is 6. The van der Waals surface area contributed by atoms with E-state index in [1.165, 1.54) is 44.8 Å². The Labute approximate surface area is 219 Å². The number of fused-ring (bicyclic) bond motifs is 1. The molecule has 9 heteroatoms. The highest BCUT2D eigenvalue weighted by atomic mass is 32.1. The molecule has 2 aromatic rings. The van der Waals surface area contributed by atoms with E-state index in [9.17, 15) is 19.5 Å². The van der Waals surface area contributed by atoms with Gasteiger partial charge in [0, 0.05) is 11.4 Å². The normalized spacial score (nSPS) is 27.5. The summed E-state index contributed by atoms with van der Waals surface area (Å²) in [5.74, 6) is 1.48. The Kier molecular flexibility index (Phi) is 5.93. The number of carbonyl (C=O) groups excluding carboxylic acids is 2. The molecule has 2 heterocycles. The molecule has 0 unspecified atom stereocenters. The Balaban J connectivity index is 1.26. The van der Waals surface area contributed by atoms with Gasteiger partial charge >= 0.3 is 5.97 Å². The highest BCUT2D eigenvalue weighted by Crippen LogP contribution is 2.60. The number of rotatable bonds is 6. The fourth-order valence-electron chi connectivity index (χ4n) is 7.74. The number of thiophene rings is 1. The first kappa shape index (κ1) is 24.3. The topological polar surface area (TPSA) is 105 Å². The van der Waals surface area contributed by atoms with Crippen LogP contribution >= 0.6 is 11.3 Å². The minimum Gasteiger partial charge on any atom is -0.493 e. The monoisotopic (exact) mass is 524 g/mol. The van der Waals surface area contributed by atoms with Gasteiger partial charge in [-0.25, -0.2) is 4.79 Å². The minimum absolute atomic E-state index is 0.0123. The lowest BCUT2D eigenvalue weighted by atomic mass is 9.49. The maximum Gasteiger partial charge on any atom is 0.339 e. The van der Waals surface area contributed by atoms with Crippen LogP contribution in [0.4, 0.5) is 5.00 Å². The van der Waals surface area contributed by atoms with Gasteiger partial charge in [-0.15, -0.1) is 11.3 Å². The molecule has 0 atom stereocenters. The van der Waals surface area contributed by atoms with E-state index in [0.717, 1.165) is 29.7 Å². The highest BCUT2D eigenvalue weighted by molar-refractivity contribution is 7.17. The number of benzene rings is 1. The van der Waals surface area contributed by atoms with Gasteiger partial charge < -0.3 is 24.8 Å². The van der Waals surface area contributed by atoms with Crippen LogP contribution in [0.2, 0.25) is 0 Å². The number of hydrogen-bond donors (Lipinski definition) is 2. The Morgan fingerprint density at radius 2 is 1.73 bits per heavy atom. The maximum absolute atomic E-state index is 13.7. The van der Waals surface area contributed by atoms with Crippen LogP contribution in [0.15, 0.2) is 18.2 Å². The third-order valence-corrected chi connectivity index (χ3v) is 10.1. The molecular weight excluding hydrogens is 492 g/mol. The number of ether oxygens (including phenoxy) is 2. The number of amides is 2. The quantitative estimate of drug-likeness (QED) is 0.562. The third-order valence-electron chi connectivity index (χ3n) is 8.94. The molecule has 4 aliphatic carbocycles. The molecule has 2 N–H and O–H groups in total. The third kappa shape index (κ3) is 3.98. The Bertz CT molecular complexity index is 1250. The van der Waals surface area contributed by atoms with Crippen LogP contribution in [0.25, 0.3) is 0 Å². The first-order chi connectivity index (χ1) is 17.8. The Morgan fingerprint density at radius 3 is 2.32 bits per heavy atom. The predicted octanol–water partition coefficient (Wildman–Crippen LogP) is 4.82. The van der Waals surface area contributed by atoms with Gasteiger partial charge in [0.05, 0.1) is 37.3 Å². The van der Waals surface area contributed by atoms with Crippen LogP contribution in [0, 0.1) is 23.2 Å². The summed E-state index contributed by atoms with van der Waals surface area (Å²) in [6.07, 6.45) is 6.89. The van der Waals surface area contributed by atoms with Gasteiger partial charge in [0.2, 0.25) is 5.91 Å². The average molecular weight is 525 g/mol. The fourth-order valence-corrected chi connectivity index (χ4v) is 8.99.